The molecule has 0 aromatic carbocycles. The number of hydrogen-bond donors (Lipinski definition) is 1. The van der Waals surface area contributed by atoms with E-state index in [0.717, 1.165) is 10.7 Å². The van der Waals surface area contributed by atoms with Gasteiger partial charge in [-0.3, -0.25) is 0 Å². The maximum absolute atomic E-state index is 5.81. The van der Waals surface area contributed by atoms with Gasteiger partial charge in [-0.25, -0.2) is 4.98 Å². The summed E-state index contributed by atoms with van der Waals surface area (Å²) >= 11 is 1.74. The average molecular weight is 210 g/mol. The van der Waals surface area contributed by atoms with E-state index in [0.29, 0.717) is 5.25 Å². The van der Waals surface area contributed by atoms with Crippen LogP contribution in [0, 0.1) is 13.8 Å². The second-order valence-electron chi connectivity index (χ2n) is 3.81. The van der Waals surface area contributed by atoms with E-state index >= 15 is 0 Å². The van der Waals surface area contributed by atoms with E-state index < -0.39 is 0 Å². The number of nitrogens with two attached hydrogens (primary N) is 1. The molecule has 0 aliphatic carbocycles. The Balaban J connectivity index is 2.76. The first-order chi connectivity index (χ1) is 6.49. The Morgan fingerprint density at radius 1 is 1.29 bits per heavy atom. The van der Waals surface area contributed by atoms with Crippen LogP contribution in [0.25, 0.3) is 0 Å². The number of aryl methyl sites for hydroxylation is 2. The molecule has 0 fully saturated rings. The Labute approximate surface area is 90.3 Å². The molecule has 1 aromatic rings. The summed E-state index contributed by atoms with van der Waals surface area (Å²) in [7, 11) is 0. The van der Waals surface area contributed by atoms with E-state index in [9.17, 15) is 0 Å². The smallest absolute Gasteiger partial charge is 0.0968 e. The zero-order chi connectivity index (χ0) is 10.7. The molecule has 2 nitrogen and oxygen atoms in total. The summed E-state index contributed by atoms with van der Waals surface area (Å²) in [6.07, 6.45) is 0. The second kappa shape index (κ2) is 4.80. The van der Waals surface area contributed by atoms with Gasteiger partial charge in [0.15, 0.2) is 0 Å². The zero-order valence-electron chi connectivity index (χ0n) is 9.24. The third-order valence-electron chi connectivity index (χ3n) is 2.12. The van der Waals surface area contributed by atoms with Gasteiger partial charge >= 0.3 is 0 Å². The monoisotopic (exact) mass is 210 g/mol. The van der Waals surface area contributed by atoms with Crippen LogP contribution in [0.3, 0.4) is 0 Å². The standard InChI is InChI=1S/C11H18N2S/c1-7-5-8(2)13-11(6-7)14-10(4)9(3)12/h5-6,9-10H,12H2,1-4H3. The fourth-order valence-electron chi connectivity index (χ4n) is 1.16. The number of hydrogen-bond acceptors (Lipinski definition) is 3. The summed E-state index contributed by atoms with van der Waals surface area (Å²) in [5, 5.41) is 1.48. The van der Waals surface area contributed by atoms with Gasteiger partial charge in [0.1, 0.15) is 0 Å². The van der Waals surface area contributed by atoms with Gasteiger partial charge in [0.25, 0.3) is 0 Å². The average Bonchev–Trinajstić information content (AvgIpc) is 2.01. The Kier molecular flexibility index (Phi) is 3.96. The van der Waals surface area contributed by atoms with E-state index in [1.165, 1.54) is 5.56 Å². The summed E-state index contributed by atoms with van der Waals surface area (Å²) in [5.74, 6) is 0. The molecule has 2 N–H and O–H groups in total. The molecule has 0 amide bonds. The van der Waals surface area contributed by atoms with Gasteiger partial charge in [-0.2, -0.15) is 0 Å². The minimum atomic E-state index is 0.197. The molecule has 0 aliphatic heterocycles. The van der Waals surface area contributed by atoms with Crippen LogP contribution in [-0.2, 0) is 0 Å². The van der Waals surface area contributed by atoms with Crippen LogP contribution in [0.4, 0.5) is 0 Å². The maximum Gasteiger partial charge on any atom is 0.0968 e. The fraction of sp³-hybridized carbons (Fsp3) is 0.545. The number of nitrogens with zero attached hydrogens (tertiary/aromatic N) is 1. The molecule has 1 aromatic heterocycles. The normalized spacial score (nSPS) is 15.2. The predicted octanol–water partition coefficient (Wildman–Crippen LogP) is 2.53. The maximum atomic E-state index is 5.81. The Bertz CT molecular complexity index is 290. The van der Waals surface area contributed by atoms with Crippen molar-refractivity contribution >= 4 is 11.8 Å². The van der Waals surface area contributed by atoms with Crippen molar-refractivity contribution in [1.29, 1.82) is 0 Å². The van der Waals surface area contributed by atoms with Gasteiger partial charge in [0.2, 0.25) is 0 Å². The molecule has 3 heteroatoms. The van der Waals surface area contributed by atoms with Crippen molar-refractivity contribution in [3.63, 3.8) is 0 Å². The van der Waals surface area contributed by atoms with Crippen molar-refractivity contribution < 1.29 is 0 Å². The third-order valence-corrected chi connectivity index (χ3v) is 3.37. The van der Waals surface area contributed by atoms with Crippen molar-refractivity contribution in [2.45, 2.75) is 44.0 Å². The summed E-state index contributed by atoms with van der Waals surface area (Å²) < 4.78 is 0. The lowest BCUT2D eigenvalue weighted by molar-refractivity contribution is 0.729. The number of thioether (sulfide) groups is 1. The molecule has 0 saturated heterocycles. The van der Waals surface area contributed by atoms with Crippen LogP contribution >= 0.6 is 11.8 Å². The van der Waals surface area contributed by atoms with Crippen LogP contribution in [0.2, 0.25) is 0 Å². The SMILES string of the molecule is Cc1cc(C)nc(SC(C)C(C)N)c1. The largest absolute Gasteiger partial charge is 0.327 e. The third kappa shape index (κ3) is 3.31. The molecule has 2 unspecified atom stereocenters. The van der Waals surface area contributed by atoms with E-state index in [1.54, 1.807) is 11.8 Å². The first kappa shape index (κ1) is 11.5. The van der Waals surface area contributed by atoms with Gasteiger partial charge in [-0.05, 0) is 38.5 Å². The Morgan fingerprint density at radius 3 is 2.43 bits per heavy atom. The quantitative estimate of drug-likeness (QED) is 0.779. The molecular weight excluding hydrogens is 192 g/mol. The van der Waals surface area contributed by atoms with Crippen molar-refractivity contribution in [2.24, 2.45) is 5.73 Å². The highest BCUT2D eigenvalue weighted by atomic mass is 32.2. The highest BCUT2D eigenvalue weighted by Crippen LogP contribution is 2.23. The van der Waals surface area contributed by atoms with E-state index in [2.05, 4.69) is 31.0 Å². The summed E-state index contributed by atoms with van der Waals surface area (Å²) in [4.78, 5) is 4.46. The number of aromatic nitrogens is 1. The van der Waals surface area contributed by atoms with Crippen molar-refractivity contribution in [3.8, 4) is 0 Å². The van der Waals surface area contributed by atoms with E-state index in [1.807, 2.05) is 13.8 Å². The Hall–Kier alpha value is -0.540. The molecule has 0 bridgehead atoms. The number of pyridine rings is 1. The topological polar surface area (TPSA) is 38.9 Å². The fourth-order valence-corrected chi connectivity index (χ4v) is 2.21. The van der Waals surface area contributed by atoms with Crippen LogP contribution in [0.5, 0.6) is 0 Å². The van der Waals surface area contributed by atoms with Crippen molar-refractivity contribution in [1.82, 2.24) is 4.98 Å². The summed E-state index contributed by atoms with van der Waals surface area (Å²) in [6.45, 7) is 8.28. The highest BCUT2D eigenvalue weighted by molar-refractivity contribution is 7.99. The van der Waals surface area contributed by atoms with Gasteiger partial charge < -0.3 is 5.73 Å². The molecular formula is C11H18N2S. The van der Waals surface area contributed by atoms with Gasteiger partial charge in [0, 0.05) is 17.0 Å². The van der Waals surface area contributed by atoms with Crippen molar-refractivity contribution in [3.05, 3.63) is 23.4 Å². The highest BCUT2D eigenvalue weighted by Gasteiger charge is 2.10. The lowest BCUT2D eigenvalue weighted by atomic mass is 10.2. The summed E-state index contributed by atoms with van der Waals surface area (Å²) in [6, 6.07) is 4.39. The van der Waals surface area contributed by atoms with Gasteiger partial charge in [0.05, 0.1) is 5.03 Å². The first-order valence-corrected chi connectivity index (χ1v) is 5.74. The van der Waals surface area contributed by atoms with Gasteiger partial charge in [-0.15, -0.1) is 11.8 Å². The molecule has 0 radical (unpaired) electrons. The van der Waals surface area contributed by atoms with Crippen LogP contribution in [-0.4, -0.2) is 16.3 Å². The second-order valence-corrected chi connectivity index (χ2v) is 5.20. The molecule has 1 rings (SSSR count). The lowest BCUT2D eigenvalue weighted by Crippen LogP contribution is -2.26. The molecule has 14 heavy (non-hydrogen) atoms. The van der Waals surface area contributed by atoms with Crippen LogP contribution in [0.1, 0.15) is 25.1 Å². The predicted molar refractivity (Wildman–Crippen MR) is 62.7 cm³/mol. The van der Waals surface area contributed by atoms with Crippen LogP contribution in [0.15, 0.2) is 17.2 Å². The Morgan fingerprint density at radius 2 is 1.93 bits per heavy atom. The summed E-state index contributed by atoms with van der Waals surface area (Å²) in [5.41, 5.74) is 8.15. The van der Waals surface area contributed by atoms with E-state index in [4.69, 9.17) is 5.73 Å². The molecule has 0 spiro atoms. The minimum Gasteiger partial charge on any atom is -0.327 e. The van der Waals surface area contributed by atoms with Crippen LogP contribution < -0.4 is 5.73 Å². The van der Waals surface area contributed by atoms with E-state index in [-0.39, 0.29) is 6.04 Å². The van der Waals surface area contributed by atoms with Gasteiger partial charge in [-0.1, -0.05) is 6.92 Å². The number of rotatable bonds is 3. The lowest BCUT2D eigenvalue weighted by Gasteiger charge is -2.14. The molecule has 1 heterocycles. The molecule has 0 saturated carbocycles. The van der Waals surface area contributed by atoms with Crippen molar-refractivity contribution in [2.75, 3.05) is 0 Å². The zero-order valence-corrected chi connectivity index (χ0v) is 10.1. The first-order valence-electron chi connectivity index (χ1n) is 4.86. The molecule has 78 valence electrons. The minimum absolute atomic E-state index is 0.197. The molecule has 0 aliphatic rings. The molecule has 2 atom stereocenters.